The van der Waals surface area contributed by atoms with E-state index < -0.39 is 0 Å². The molecule has 0 aliphatic carbocycles. The minimum Gasteiger partial charge on any atom is -0.273 e. The third kappa shape index (κ3) is 5.73. The summed E-state index contributed by atoms with van der Waals surface area (Å²) in [6.45, 7) is 0.391. The molecular weight excluding hydrogens is 226 g/mol. The van der Waals surface area contributed by atoms with Crippen molar-refractivity contribution in [2.75, 3.05) is 5.88 Å². The number of hydrogen-bond donors (Lipinski definition) is 1. The Balaban J connectivity index is 2.09. The van der Waals surface area contributed by atoms with Gasteiger partial charge in [-0.3, -0.25) is 9.63 Å². The minimum absolute atomic E-state index is 0.0963. The molecule has 1 aromatic carbocycles. The Morgan fingerprint density at radius 1 is 1.25 bits per heavy atom. The number of rotatable bonds is 7. The summed E-state index contributed by atoms with van der Waals surface area (Å²) in [6.07, 6.45) is 2.11. The molecular formula is C12H16ClNO2. The van der Waals surface area contributed by atoms with Crippen molar-refractivity contribution in [1.29, 1.82) is 0 Å². The van der Waals surface area contributed by atoms with E-state index in [1.807, 2.05) is 30.3 Å². The molecule has 1 amide bonds. The van der Waals surface area contributed by atoms with E-state index in [9.17, 15) is 4.79 Å². The van der Waals surface area contributed by atoms with Crippen LogP contribution in [-0.4, -0.2) is 11.8 Å². The largest absolute Gasteiger partial charge is 0.273 e. The maximum atomic E-state index is 11.2. The number of nitrogens with one attached hydrogen (secondary N) is 1. The molecule has 0 saturated carbocycles. The highest BCUT2D eigenvalue weighted by Gasteiger charge is 2.00. The molecule has 1 rings (SSSR count). The fraction of sp³-hybridized carbons (Fsp3) is 0.417. The lowest BCUT2D eigenvalue weighted by Gasteiger charge is -2.05. The molecule has 1 aromatic rings. The van der Waals surface area contributed by atoms with Crippen LogP contribution in [0, 0.1) is 0 Å². The molecule has 0 aliphatic rings. The Labute approximate surface area is 101 Å². The molecule has 1 N–H and O–H groups in total. The normalized spacial score (nSPS) is 10.1. The predicted molar refractivity (Wildman–Crippen MR) is 63.9 cm³/mol. The first-order chi connectivity index (χ1) is 7.83. The fourth-order valence-corrected chi connectivity index (χ4v) is 1.39. The molecule has 3 nitrogen and oxygen atoms in total. The second kappa shape index (κ2) is 8.13. The van der Waals surface area contributed by atoms with E-state index in [4.69, 9.17) is 16.4 Å². The van der Waals surface area contributed by atoms with E-state index in [-0.39, 0.29) is 5.91 Å². The van der Waals surface area contributed by atoms with Gasteiger partial charge in [0.05, 0.1) is 6.61 Å². The quantitative estimate of drug-likeness (QED) is 0.453. The Hall–Kier alpha value is -1.06. The number of amides is 1. The third-order valence-electron chi connectivity index (χ3n) is 2.06. The van der Waals surface area contributed by atoms with Gasteiger partial charge < -0.3 is 0 Å². The average Bonchev–Trinajstić information content (AvgIpc) is 2.31. The number of halogens is 1. The maximum Gasteiger partial charge on any atom is 0.243 e. The topological polar surface area (TPSA) is 38.3 Å². The van der Waals surface area contributed by atoms with Crippen LogP contribution in [0.2, 0.25) is 0 Å². The zero-order valence-corrected chi connectivity index (χ0v) is 9.87. The van der Waals surface area contributed by atoms with Crippen molar-refractivity contribution < 1.29 is 9.63 Å². The molecule has 88 valence electrons. The lowest BCUT2D eigenvalue weighted by Crippen LogP contribution is -2.23. The van der Waals surface area contributed by atoms with Gasteiger partial charge in [-0.1, -0.05) is 30.3 Å². The molecule has 0 fully saturated rings. The second-order valence-corrected chi connectivity index (χ2v) is 3.82. The van der Waals surface area contributed by atoms with E-state index in [1.165, 1.54) is 0 Å². The summed E-state index contributed by atoms with van der Waals surface area (Å²) in [5, 5.41) is 0. The molecule has 0 spiro atoms. The maximum absolute atomic E-state index is 11.2. The first kappa shape index (κ1) is 13.0. The lowest BCUT2D eigenvalue weighted by atomic mass is 10.2. The highest BCUT2D eigenvalue weighted by Crippen LogP contribution is 2.00. The second-order valence-electron chi connectivity index (χ2n) is 3.45. The number of carbonyl (C=O) groups excluding carboxylic acids is 1. The molecule has 0 radical (unpaired) electrons. The summed E-state index contributed by atoms with van der Waals surface area (Å²) >= 11 is 5.51. The first-order valence-corrected chi connectivity index (χ1v) is 5.87. The average molecular weight is 242 g/mol. The molecule has 0 aliphatic heterocycles. The predicted octanol–water partition coefficient (Wildman–Crippen LogP) is 2.64. The van der Waals surface area contributed by atoms with Gasteiger partial charge in [-0.05, 0) is 18.4 Å². The van der Waals surface area contributed by atoms with Gasteiger partial charge >= 0.3 is 0 Å². The van der Waals surface area contributed by atoms with Crippen molar-refractivity contribution in [1.82, 2.24) is 5.48 Å². The smallest absolute Gasteiger partial charge is 0.243 e. The van der Waals surface area contributed by atoms with Crippen LogP contribution in [0.15, 0.2) is 30.3 Å². The fourth-order valence-electron chi connectivity index (χ4n) is 1.21. The van der Waals surface area contributed by atoms with Crippen LogP contribution in [-0.2, 0) is 16.2 Å². The SMILES string of the molecule is O=C(CCCCCl)NOCc1ccccc1. The van der Waals surface area contributed by atoms with E-state index in [0.29, 0.717) is 18.9 Å². The van der Waals surface area contributed by atoms with E-state index in [0.717, 1.165) is 18.4 Å². The number of hydroxylamine groups is 1. The highest BCUT2D eigenvalue weighted by molar-refractivity contribution is 6.17. The Morgan fingerprint density at radius 2 is 2.00 bits per heavy atom. The highest BCUT2D eigenvalue weighted by atomic mass is 35.5. The summed E-state index contributed by atoms with van der Waals surface area (Å²) in [4.78, 5) is 16.3. The number of alkyl halides is 1. The van der Waals surface area contributed by atoms with Crippen LogP contribution in [0.1, 0.15) is 24.8 Å². The van der Waals surface area contributed by atoms with Crippen molar-refractivity contribution in [3.05, 3.63) is 35.9 Å². The van der Waals surface area contributed by atoms with Gasteiger partial charge in [-0.15, -0.1) is 11.6 Å². The summed E-state index contributed by atoms with van der Waals surface area (Å²) < 4.78 is 0. The van der Waals surface area contributed by atoms with Gasteiger partial charge in [-0.25, -0.2) is 5.48 Å². The van der Waals surface area contributed by atoms with Crippen molar-refractivity contribution in [3.8, 4) is 0 Å². The number of benzene rings is 1. The molecule has 16 heavy (non-hydrogen) atoms. The van der Waals surface area contributed by atoms with Crippen molar-refractivity contribution in [3.63, 3.8) is 0 Å². The van der Waals surface area contributed by atoms with Gasteiger partial charge in [0, 0.05) is 12.3 Å². The summed E-state index contributed by atoms with van der Waals surface area (Å²) in [5.74, 6) is 0.499. The third-order valence-corrected chi connectivity index (χ3v) is 2.32. The zero-order valence-electron chi connectivity index (χ0n) is 9.12. The van der Waals surface area contributed by atoms with Gasteiger partial charge in [-0.2, -0.15) is 0 Å². The van der Waals surface area contributed by atoms with Gasteiger partial charge in [0.25, 0.3) is 0 Å². The number of hydrogen-bond acceptors (Lipinski definition) is 2. The molecule has 0 atom stereocenters. The summed E-state index contributed by atoms with van der Waals surface area (Å²) in [7, 11) is 0. The van der Waals surface area contributed by atoms with Crippen LogP contribution >= 0.6 is 11.6 Å². The van der Waals surface area contributed by atoms with Crippen LogP contribution < -0.4 is 5.48 Å². The van der Waals surface area contributed by atoms with E-state index >= 15 is 0 Å². The zero-order chi connectivity index (χ0) is 11.6. The minimum atomic E-state index is -0.0963. The van der Waals surface area contributed by atoms with E-state index in [2.05, 4.69) is 5.48 Å². The van der Waals surface area contributed by atoms with Crippen LogP contribution in [0.3, 0.4) is 0 Å². The van der Waals surface area contributed by atoms with Gasteiger partial charge in [0.1, 0.15) is 0 Å². The first-order valence-electron chi connectivity index (χ1n) is 5.33. The standard InChI is InChI=1S/C12H16ClNO2/c13-9-5-4-8-12(15)14-16-10-11-6-2-1-3-7-11/h1-3,6-7H,4-5,8-10H2,(H,14,15). The Morgan fingerprint density at radius 3 is 2.69 bits per heavy atom. The summed E-state index contributed by atoms with van der Waals surface area (Å²) in [6, 6.07) is 9.69. The van der Waals surface area contributed by atoms with Crippen molar-refractivity contribution in [2.24, 2.45) is 0 Å². The number of unbranched alkanes of at least 4 members (excludes halogenated alkanes) is 1. The Kier molecular flexibility index (Phi) is 6.61. The van der Waals surface area contributed by atoms with Crippen LogP contribution in [0.25, 0.3) is 0 Å². The van der Waals surface area contributed by atoms with Gasteiger partial charge in [0.15, 0.2) is 0 Å². The van der Waals surface area contributed by atoms with Crippen LogP contribution in [0.4, 0.5) is 0 Å². The molecule has 0 saturated heterocycles. The van der Waals surface area contributed by atoms with Crippen LogP contribution in [0.5, 0.6) is 0 Å². The Bertz CT molecular complexity index is 303. The monoisotopic (exact) mass is 241 g/mol. The number of carbonyl (C=O) groups is 1. The lowest BCUT2D eigenvalue weighted by molar-refractivity contribution is -0.134. The molecule has 4 heteroatoms. The molecule has 0 bridgehead atoms. The van der Waals surface area contributed by atoms with Crippen molar-refractivity contribution in [2.45, 2.75) is 25.9 Å². The molecule has 0 unspecified atom stereocenters. The molecule has 0 heterocycles. The summed E-state index contributed by atoms with van der Waals surface area (Å²) in [5.41, 5.74) is 3.44. The van der Waals surface area contributed by atoms with Gasteiger partial charge in [0.2, 0.25) is 5.91 Å². The molecule has 0 aromatic heterocycles. The van der Waals surface area contributed by atoms with Crippen molar-refractivity contribution >= 4 is 17.5 Å². The van der Waals surface area contributed by atoms with E-state index in [1.54, 1.807) is 0 Å².